The molecule has 0 aliphatic heterocycles. The standard InChI is InChI=1S/C27H28O5/c1-16-5-3-7-18(13-16)25(29)31-22-15-27-11-9-20(23(27)21(28)10-12-27)24(22)32-26(30)19-8-4-6-17(2)14-19/h3-8,13-14,20,22-24H,9-12,15H2,1-2H3. The number of ketones is 1. The van der Waals surface area contributed by atoms with E-state index in [4.69, 9.17) is 9.47 Å². The van der Waals surface area contributed by atoms with Crippen LogP contribution in [0.3, 0.4) is 0 Å². The predicted molar refractivity (Wildman–Crippen MR) is 118 cm³/mol. The lowest BCUT2D eigenvalue weighted by Crippen LogP contribution is -2.51. The molecule has 0 saturated heterocycles. The number of benzene rings is 2. The van der Waals surface area contributed by atoms with Gasteiger partial charge in [-0.25, -0.2) is 9.59 Å². The van der Waals surface area contributed by atoms with Gasteiger partial charge >= 0.3 is 11.9 Å². The minimum Gasteiger partial charge on any atom is -0.455 e. The molecule has 3 fully saturated rings. The molecule has 5 atom stereocenters. The molecule has 5 unspecified atom stereocenters. The summed E-state index contributed by atoms with van der Waals surface area (Å²) in [5, 5.41) is 0. The zero-order chi connectivity index (χ0) is 22.5. The van der Waals surface area contributed by atoms with Crippen molar-refractivity contribution in [1.82, 2.24) is 0 Å². The summed E-state index contributed by atoms with van der Waals surface area (Å²) in [6.45, 7) is 3.85. The zero-order valence-corrected chi connectivity index (χ0v) is 18.5. The Hall–Kier alpha value is -2.95. The maximum Gasteiger partial charge on any atom is 0.338 e. The van der Waals surface area contributed by atoms with Crippen molar-refractivity contribution in [1.29, 1.82) is 0 Å². The van der Waals surface area contributed by atoms with Gasteiger partial charge in [0, 0.05) is 18.3 Å². The van der Waals surface area contributed by atoms with E-state index in [9.17, 15) is 14.4 Å². The fraction of sp³-hybridized carbons (Fsp3) is 0.444. The quantitative estimate of drug-likeness (QED) is 0.647. The van der Waals surface area contributed by atoms with E-state index in [0.29, 0.717) is 24.0 Å². The van der Waals surface area contributed by atoms with Gasteiger partial charge in [-0.2, -0.15) is 0 Å². The van der Waals surface area contributed by atoms with E-state index in [2.05, 4.69) is 0 Å². The second-order valence-corrected chi connectivity index (χ2v) is 9.77. The molecule has 5 nitrogen and oxygen atoms in total. The number of carbonyl (C=O) groups is 3. The van der Waals surface area contributed by atoms with Crippen LogP contribution in [0.15, 0.2) is 48.5 Å². The number of rotatable bonds is 4. The number of aryl methyl sites for hydroxylation is 2. The van der Waals surface area contributed by atoms with Gasteiger partial charge in [-0.05, 0) is 69.2 Å². The summed E-state index contributed by atoms with van der Waals surface area (Å²) in [7, 11) is 0. The molecule has 2 aromatic rings. The Labute approximate surface area is 188 Å². The molecule has 0 N–H and O–H groups in total. The summed E-state index contributed by atoms with van der Waals surface area (Å²) in [5.41, 5.74) is 2.79. The van der Waals surface area contributed by atoms with Crippen molar-refractivity contribution in [2.75, 3.05) is 0 Å². The van der Waals surface area contributed by atoms with E-state index in [-0.39, 0.29) is 23.0 Å². The number of carbonyl (C=O) groups excluding carboxylic acids is 3. The van der Waals surface area contributed by atoms with Gasteiger partial charge in [-0.1, -0.05) is 35.4 Å². The smallest absolute Gasteiger partial charge is 0.338 e. The molecule has 0 radical (unpaired) electrons. The van der Waals surface area contributed by atoms with Gasteiger partial charge in [0.15, 0.2) is 0 Å². The van der Waals surface area contributed by atoms with Crippen LogP contribution in [0.2, 0.25) is 0 Å². The lowest BCUT2D eigenvalue weighted by Gasteiger charge is -2.43. The number of hydrogen-bond acceptors (Lipinski definition) is 5. The first-order chi connectivity index (χ1) is 15.4. The predicted octanol–water partition coefficient (Wildman–Crippen LogP) is 4.83. The fourth-order valence-electron chi connectivity index (χ4n) is 6.31. The van der Waals surface area contributed by atoms with Crippen LogP contribution in [0.4, 0.5) is 0 Å². The highest BCUT2D eigenvalue weighted by Crippen LogP contribution is 2.63. The van der Waals surface area contributed by atoms with E-state index in [1.54, 1.807) is 24.3 Å². The zero-order valence-electron chi connectivity index (χ0n) is 18.5. The lowest BCUT2D eigenvalue weighted by atomic mass is 9.67. The first-order valence-electron chi connectivity index (χ1n) is 11.4. The second kappa shape index (κ2) is 7.88. The Morgan fingerprint density at radius 1 is 0.906 bits per heavy atom. The topological polar surface area (TPSA) is 69.7 Å². The molecule has 0 heterocycles. The Bertz CT molecular complexity index is 1090. The van der Waals surface area contributed by atoms with Gasteiger partial charge < -0.3 is 9.47 Å². The van der Waals surface area contributed by atoms with Crippen LogP contribution >= 0.6 is 0 Å². The third kappa shape index (κ3) is 3.54. The van der Waals surface area contributed by atoms with Crippen LogP contribution in [0.5, 0.6) is 0 Å². The van der Waals surface area contributed by atoms with Crippen molar-refractivity contribution in [3.05, 3.63) is 70.8 Å². The molecule has 2 aromatic carbocycles. The number of esters is 2. The number of Topliss-reactive ketones (excluding diaryl/α,β-unsaturated/α-hetero) is 1. The van der Waals surface area contributed by atoms with Crippen LogP contribution in [-0.2, 0) is 14.3 Å². The van der Waals surface area contributed by atoms with E-state index < -0.39 is 24.1 Å². The van der Waals surface area contributed by atoms with Crippen LogP contribution in [0.25, 0.3) is 0 Å². The molecule has 3 aliphatic carbocycles. The highest BCUT2D eigenvalue weighted by molar-refractivity contribution is 5.91. The average Bonchev–Trinajstić information content (AvgIpc) is 3.25. The van der Waals surface area contributed by atoms with E-state index in [0.717, 1.165) is 30.4 Å². The summed E-state index contributed by atoms with van der Waals surface area (Å²) in [6, 6.07) is 14.6. The van der Waals surface area contributed by atoms with E-state index in [1.165, 1.54) is 0 Å². The second-order valence-electron chi connectivity index (χ2n) is 9.77. The van der Waals surface area contributed by atoms with Gasteiger partial charge in [0.05, 0.1) is 11.1 Å². The van der Waals surface area contributed by atoms with Crippen LogP contribution in [0.1, 0.15) is 63.9 Å². The molecule has 5 rings (SSSR count). The van der Waals surface area contributed by atoms with Gasteiger partial charge in [0.25, 0.3) is 0 Å². The molecule has 0 amide bonds. The minimum absolute atomic E-state index is 0.0910. The Kier molecular flexibility index (Phi) is 5.15. The average molecular weight is 433 g/mol. The Morgan fingerprint density at radius 3 is 2.16 bits per heavy atom. The Morgan fingerprint density at radius 2 is 1.53 bits per heavy atom. The van der Waals surface area contributed by atoms with E-state index in [1.807, 2.05) is 38.1 Å². The first kappa shape index (κ1) is 20.9. The van der Waals surface area contributed by atoms with E-state index >= 15 is 0 Å². The Balaban J connectivity index is 1.44. The molecule has 32 heavy (non-hydrogen) atoms. The summed E-state index contributed by atoms with van der Waals surface area (Å²) < 4.78 is 12.0. The maximum absolute atomic E-state index is 13.0. The van der Waals surface area contributed by atoms with Crippen molar-refractivity contribution in [2.45, 2.75) is 58.2 Å². The molecule has 0 spiro atoms. The monoisotopic (exact) mass is 432 g/mol. The normalized spacial score (nSPS) is 30.6. The summed E-state index contributed by atoms with van der Waals surface area (Å²) >= 11 is 0. The maximum atomic E-state index is 13.0. The van der Waals surface area contributed by atoms with Crippen molar-refractivity contribution < 1.29 is 23.9 Å². The molecule has 2 bridgehead atoms. The molecular weight excluding hydrogens is 404 g/mol. The largest absolute Gasteiger partial charge is 0.455 e. The molecule has 166 valence electrons. The summed E-state index contributed by atoms with van der Waals surface area (Å²) in [6.07, 6.45) is 2.56. The summed E-state index contributed by atoms with van der Waals surface area (Å²) in [4.78, 5) is 38.7. The molecule has 3 saturated carbocycles. The van der Waals surface area contributed by atoms with Crippen LogP contribution in [0, 0.1) is 31.1 Å². The van der Waals surface area contributed by atoms with Crippen molar-refractivity contribution >= 4 is 17.7 Å². The minimum atomic E-state index is -0.612. The highest BCUT2D eigenvalue weighted by Gasteiger charge is 2.64. The van der Waals surface area contributed by atoms with Crippen molar-refractivity contribution in [2.24, 2.45) is 17.3 Å². The SMILES string of the molecule is Cc1cccc(C(=O)OC2CC34CCC(=O)C3C(CC4)C2OC(=O)c2cccc(C)c2)c1. The van der Waals surface area contributed by atoms with Gasteiger partial charge in [0.2, 0.25) is 0 Å². The van der Waals surface area contributed by atoms with Crippen molar-refractivity contribution in [3.8, 4) is 0 Å². The molecule has 5 heteroatoms. The number of ether oxygens (including phenoxy) is 2. The van der Waals surface area contributed by atoms with Crippen LogP contribution in [-0.4, -0.2) is 29.9 Å². The van der Waals surface area contributed by atoms with Crippen LogP contribution < -0.4 is 0 Å². The lowest BCUT2D eigenvalue weighted by molar-refractivity contribution is -0.135. The van der Waals surface area contributed by atoms with Gasteiger partial charge in [-0.15, -0.1) is 0 Å². The highest BCUT2D eigenvalue weighted by atomic mass is 16.6. The van der Waals surface area contributed by atoms with Crippen molar-refractivity contribution in [3.63, 3.8) is 0 Å². The van der Waals surface area contributed by atoms with Gasteiger partial charge in [-0.3, -0.25) is 4.79 Å². The third-order valence-corrected chi connectivity index (χ3v) is 7.68. The molecule has 3 aliphatic rings. The molecule has 0 aromatic heterocycles. The number of hydrogen-bond donors (Lipinski definition) is 0. The first-order valence-corrected chi connectivity index (χ1v) is 11.4. The van der Waals surface area contributed by atoms with Gasteiger partial charge in [0.1, 0.15) is 18.0 Å². The third-order valence-electron chi connectivity index (χ3n) is 7.68. The molecular formula is C27H28O5. The fourth-order valence-corrected chi connectivity index (χ4v) is 6.31. The summed E-state index contributed by atoms with van der Waals surface area (Å²) in [5.74, 6) is -0.754.